The van der Waals surface area contributed by atoms with Crippen LogP contribution in [0.15, 0.2) is 170 Å². The predicted octanol–water partition coefficient (Wildman–Crippen LogP) is 18.2. The van der Waals surface area contributed by atoms with Gasteiger partial charge >= 0.3 is 37.9 Å². The molecular formula is C56H64BCl2NSi2Zr. The number of nitrogens with zero attached hydrogens (tertiary/aromatic N) is 1. The third-order valence-electron chi connectivity index (χ3n) is 11.9. The predicted molar refractivity (Wildman–Crippen MR) is 284 cm³/mol. The van der Waals surface area contributed by atoms with E-state index in [1.54, 1.807) is 0 Å². The van der Waals surface area contributed by atoms with E-state index in [9.17, 15) is 0 Å². The summed E-state index contributed by atoms with van der Waals surface area (Å²) >= 11 is -0.826. The zero-order chi connectivity index (χ0) is 45.7. The average molecular weight is 980 g/mol. The van der Waals surface area contributed by atoms with Crippen molar-refractivity contribution in [1.29, 1.82) is 0 Å². The molecule has 2 radical (unpaired) electrons. The summed E-state index contributed by atoms with van der Waals surface area (Å²) in [5.74, 6) is 1.13. The van der Waals surface area contributed by atoms with Crippen molar-refractivity contribution in [3.63, 3.8) is 0 Å². The second-order valence-electron chi connectivity index (χ2n) is 18.4. The molecule has 7 heteroatoms. The second kappa shape index (κ2) is 23.6. The fraction of sp³-hybridized carbons (Fsp3) is 0.250. The van der Waals surface area contributed by atoms with Gasteiger partial charge in [-0.1, -0.05) is 223 Å². The van der Waals surface area contributed by atoms with Gasteiger partial charge in [-0.05, 0) is 46.9 Å². The zero-order valence-corrected chi connectivity index (χ0v) is 45.0. The number of fused-ring (bicyclic) bond motifs is 2. The van der Waals surface area contributed by atoms with Crippen molar-refractivity contribution < 1.29 is 20.8 Å². The van der Waals surface area contributed by atoms with E-state index in [-0.39, 0.29) is 0 Å². The Labute approximate surface area is 401 Å². The maximum absolute atomic E-state index is 5.98. The van der Waals surface area contributed by atoms with E-state index in [4.69, 9.17) is 25.0 Å². The maximum atomic E-state index is 5.98. The van der Waals surface area contributed by atoms with Gasteiger partial charge in [-0.15, -0.1) is 69.1 Å². The van der Waals surface area contributed by atoms with Gasteiger partial charge in [-0.3, -0.25) is 0 Å². The topological polar surface area (TPSA) is 3.24 Å². The fourth-order valence-corrected chi connectivity index (χ4v) is 16.4. The van der Waals surface area contributed by atoms with Gasteiger partial charge in [0.2, 0.25) is 0 Å². The molecule has 0 spiro atoms. The quantitative estimate of drug-likeness (QED) is 0.0975. The Kier molecular flexibility index (Phi) is 18.9. The van der Waals surface area contributed by atoms with E-state index < -0.39 is 37.3 Å². The van der Waals surface area contributed by atoms with Crippen molar-refractivity contribution in [2.45, 2.75) is 91.7 Å². The summed E-state index contributed by atoms with van der Waals surface area (Å²) in [7, 11) is 13.4. The molecule has 0 N–H and O–H groups in total. The molecule has 2 unspecified atom stereocenters. The van der Waals surface area contributed by atoms with Crippen molar-refractivity contribution in [2.75, 3.05) is 0 Å². The number of hydrogen-bond donors (Lipinski definition) is 0. The molecule has 8 rings (SSSR count). The molecular weight excluding hydrogens is 916 g/mol. The fourth-order valence-electron chi connectivity index (χ4n) is 8.32. The molecule has 0 heterocycles. The molecule has 0 amide bonds. The Bertz CT molecular complexity index is 2440. The molecule has 0 fully saturated rings. The molecule has 63 heavy (non-hydrogen) atoms. The molecule has 0 aliphatic carbocycles. The number of halogens is 2. The van der Waals surface area contributed by atoms with E-state index in [0.29, 0.717) is 11.8 Å². The Morgan fingerprint density at radius 3 is 1.13 bits per heavy atom. The van der Waals surface area contributed by atoms with Crippen LogP contribution >= 0.6 is 17.0 Å². The first-order valence-corrected chi connectivity index (χ1v) is 35.5. The molecule has 0 aromatic heterocycles. The van der Waals surface area contributed by atoms with Crippen LogP contribution in [-0.4, -0.2) is 28.6 Å². The van der Waals surface area contributed by atoms with Crippen LogP contribution in [0.5, 0.6) is 0 Å². The molecule has 322 valence electrons. The number of benzene rings is 6. The SMILES string of the molecule is CCC(C)c1ccccc1-c1cccc2[cH-]c(-c3ccccc3)cc12.CCC(C)c1ccccc1-c1cccc2[cH-]c(-c3ccccc3)cc12.[B]N([Si](C)(C)C)[Si](C)(C)C.[Cl][Zr+2][Cl]. The summed E-state index contributed by atoms with van der Waals surface area (Å²) in [5, 5.41) is 5.32. The molecule has 1 nitrogen and oxygen atoms in total. The molecule has 0 saturated heterocycles. The van der Waals surface area contributed by atoms with Crippen molar-refractivity contribution in [3.8, 4) is 44.5 Å². The minimum atomic E-state index is -1.22. The molecule has 0 aliphatic heterocycles. The molecule has 0 bridgehead atoms. The summed E-state index contributed by atoms with van der Waals surface area (Å²) in [5.41, 5.74) is 13.5. The first-order chi connectivity index (χ1) is 30.1. The van der Waals surface area contributed by atoms with Gasteiger partial charge in [0.1, 0.15) is 16.5 Å². The van der Waals surface area contributed by atoms with Gasteiger partial charge < -0.3 is 4.14 Å². The Morgan fingerprint density at radius 2 is 0.810 bits per heavy atom. The van der Waals surface area contributed by atoms with Crippen molar-refractivity contribution in [1.82, 2.24) is 4.14 Å². The number of rotatable bonds is 10. The van der Waals surface area contributed by atoms with E-state index in [2.05, 4.69) is 241 Å². The average Bonchev–Trinajstić information content (AvgIpc) is 3.95. The first-order valence-electron chi connectivity index (χ1n) is 22.3. The van der Waals surface area contributed by atoms with Crippen LogP contribution in [0.3, 0.4) is 0 Å². The van der Waals surface area contributed by atoms with Gasteiger partial charge in [0.15, 0.2) is 7.98 Å². The van der Waals surface area contributed by atoms with Crippen molar-refractivity contribution in [3.05, 3.63) is 181 Å². The molecule has 8 aromatic carbocycles. The Hall–Kier alpha value is -3.54. The monoisotopic (exact) mass is 977 g/mol. The normalized spacial score (nSPS) is 12.3. The summed E-state index contributed by atoms with van der Waals surface area (Å²) < 4.78 is 2.15. The molecule has 0 aliphatic rings. The summed E-state index contributed by atoms with van der Waals surface area (Å²) in [6.07, 6.45) is 2.31. The van der Waals surface area contributed by atoms with Crippen LogP contribution in [0.1, 0.15) is 63.5 Å². The van der Waals surface area contributed by atoms with Crippen LogP contribution in [0.2, 0.25) is 39.3 Å². The van der Waals surface area contributed by atoms with E-state index >= 15 is 0 Å². The van der Waals surface area contributed by atoms with E-state index in [1.807, 2.05) is 0 Å². The minimum absolute atomic E-state index is 0.565. The standard InChI is InChI=1S/2C25H23.C6H18BNSi2.2ClH.Zr/c2*1-3-18(2)22-13-7-8-14-23(22)24-15-9-12-20-16-21(17-25(20)24)19-10-5-4-6-11-19;1-9(2,3)8(7)10(4,5)6;;;/h2*4-18H,3H2,1-2H3;1-6H3;2*1H;/q2*-1;;;;+4/p-2. The summed E-state index contributed by atoms with van der Waals surface area (Å²) in [6, 6.07) is 61.6. The zero-order valence-electron chi connectivity index (χ0n) is 39.0. The summed E-state index contributed by atoms with van der Waals surface area (Å²) in [6.45, 7) is 22.9. The third kappa shape index (κ3) is 13.3. The number of hydrogen-bond acceptors (Lipinski definition) is 1. The first kappa shape index (κ1) is 50.5. The Balaban J connectivity index is 0.000000187. The third-order valence-corrected chi connectivity index (χ3v) is 18.9. The molecule has 8 aromatic rings. The van der Waals surface area contributed by atoms with Gasteiger partial charge in [0.05, 0.1) is 0 Å². The van der Waals surface area contributed by atoms with E-state index in [1.165, 1.54) is 77.2 Å². The van der Waals surface area contributed by atoms with Crippen molar-refractivity contribution >= 4 is 63.0 Å². The van der Waals surface area contributed by atoms with E-state index in [0.717, 1.165) is 12.8 Å². The molecule has 0 saturated carbocycles. The van der Waals surface area contributed by atoms with Crippen LogP contribution in [0.4, 0.5) is 0 Å². The van der Waals surface area contributed by atoms with Crippen LogP contribution < -0.4 is 0 Å². The van der Waals surface area contributed by atoms with Crippen LogP contribution in [0.25, 0.3) is 66.1 Å². The van der Waals surface area contributed by atoms with Gasteiger partial charge in [-0.2, -0.15) is 0 Å². The van der Waals surface area contributed by atoms with Crippen molar-refractivity contribution in [2.24, 2.45) is 0 Å². The van der Waals surface area contributed by atoms with Gasteiger partial charge in [0, 0.05) is 0 Å². The Morgan fingerprint density at radius 1 is 0.492 bits per heavy atom. The van der Waals surface area contributed by atoms with Crippen LogP contribution in [-0.2, 0) is 20.8 Å². The second-order valence-corrected chi connectivity index (χ2v) is 32.2. The van der Waals surface area contributed by atoms with Crippen LogP contribution in [0, 0.1) is 0 Å². The summed E-state index contributed by atoms with van der Waals surface area (Å²) in [4.78, 5) is 0. The van der Waals surface area contributed by atoms with Gasteiger partial charge in [0.25, 0.3) is 0 Å². The molecule has 2 atom stereocenters. The van der Waals surface area contributed by atoms with Gasteiger partial charge in [-0.25, -0.2) is 0 Å².